The maximum absolute atomic E-state index is 7.15. The molecule has 0 aromatic heterocycles. The first-order valence-electron chi connectivity index (χ1n) is 21.7. The molecule has 0 saturated carbocycles. The van der Waals surface area contributed by atoms with Crippen LogP contribution in [0, 0.1) is 0 Å². The van der Waals surface area contributed by atoms with Crippen molar-refractivity contribution in [2.24, 2.45) is 0 Å². The summed E-state index contributed by atoms with van der Waals surface area (Å²) in [6.07, 6.45) is 0.379. The van der Waals surface area contributed by atoms with E-state index in [1.807, 2.05) is 36.4 Å². The highest BCUT2D eigenvalue weighted by Crippen LogP contribution is 2.55. The molecular formula is C49H64O9Si. The van der Waals surface area contributed by atoms with Crippen LogP contribution in [0.4, 0.5) is 0 Å². The highest BCUT2D eigenvalue weighted by Gasteiger charge is 2.63. The van der Waals surface area contributed by atoms with Crippen LogP contribution in [0.3, 0.4) is 0 Å². The minimum Gasteiger partial charge on any atom is -0.391 e. The van der Waals surface area contributed by atoms with Gasteiger partial charge in [0.25, 0.3) is 0 Å². The van der Waals surface area contributed by atoms with Crippen molar-refractivity contribution in [3.8, 4) is 0 Å². The van der Waals surface area contributed by atoms with Crippen molar-refractivity contribution in [2.45, 2.75) is 152 Å². The zero-order valence-corrected chi connectivity index (χ0v) is 36.8. The van der Waals surface area contributed by atoms with Crippen molar-refractivity contribution < 1.29 is 42.0 Å². The van der Waals surface area contributed by atoms with Gasteiger partial charge in [0.1, 0.15) is 12.2 Å². The van der Waals surface area contributed by atoms with Gasteiger partial charge in [0.15, 0.2) is 6.29 Å². The lowest BCUT2D eigenvalue weighted by Gasteiger charge is -2.56. The van der Waals surface area contributed by atoms with Crippen molar-refractivity contribution in [1.29, 1.82) is 0 Å². The van der Waals surface area contributed by atoms with Crippen LogP contribution in [0.5, 0.6) is 0 Å². The Bertz CT molecular complexity index is 1920. The molecule has 4 saturated heterocycles. The minimum atomic E-state index is -2.68. The SMILES string of the molecule is CC(C)(C)[Si]1(C(C)(C)C)OC[C@H]2O[C@H]3CCOC(C[C@H]4O[C@@H](COCc5ccccc5)[C@H](OCc5ccccc5)C[C@@H]4OCc4ccc5ccccc5c4)O[C@@H]3C[C@@H]2O1. The van der Waals surface area contributed by atoms with Gasteiger partial charge in [0.2, 0.25) is 0 Å². The minimum absolute atomic E-state index is 0.103. The molecule has 1 unspecified atom stereocenters. The first kappa shape index (κ1) is 42.7. The molecule has 9 nitrogen and oxygen atoms in total. The topological polar surface area (TPSA) is 83.1 Å². The first-order chi connectivity index (χ1) is 28.4. The summed E-state index contributed by atoms with van der Waals surface area (Å²) < 4.78 is 61.0. The van der Waals surface area contributed by atoms with E-state index in [-0.39, 0.29) is 58.9 Å². The van der Waals surface area contributed by atoms with Gasteiger partial charge in [-0.05, 0) is 39.9 Å². The first-order valence-corrected chi connectivity index (χ1v) is 23.5. The van der Waals surface area contributed by atoms with Gasteiger partial charge in [0.05, 0.1) is 76.3 Å². The average Bonchev–Trinajstić information content (AvgIpc) is 3.42. The number of ether oxygens (including phenoxy) is 7. The Balaban J connectivity index is 1.01. The summed E-state index contributed by atoms with van der Waals surface area (Å²) in [7, 11) is -2.68. The molecule has 0 spiro atoms. The molecule has 4 aliphatic heterocycles. The van der Waals surface area contributed by atoms with Crippen LogP contribution in [-0.4, -0.2) is 83.5 Å². The average molecular weight is 825 g/mol. The van der Waals surface area contributed by atoms with Gasteiger partial charge < -0.3 is 42.0 Å². The molecule has 59 heavy (non-hydrogen) atoms. The Hall–Kier alpha value is -3.00. The van der Waals surface area contributed by atoms with Gasteiger partial charge in [0, 0.05) is 29.3 Å². The summed E-state index contributed by atoms with van der Waals surface area (Å²) in [5.74, 6) is 0. The maximum Gasteiger partial charge on any atom is 0.349 e. The van der Waals surface area contributed by atoms with Crippen LogP contribution in [0.15, 0.2) is 103 Å². The number of hydrogen-bond donors (Lipinski definition) is 0. The quantitative estimate of drug-likeness (QED) is 0.130. The lowest BCUT2D eigenvalue weighted by molar-refractivity contribution is -0.257. The van der Waals surface area contributed by atoms with Crippen molar-refractivity contribution in [1.82, 2.24) is 0 Å². The summed E-state index contributed by atoms with van der Waals surface area (Å²) >= 11 is 0. The monoisotopic (exact) mass is 824 g/mol. The summed E-state index contributed by atoms with van der Waals surface area (Å²) in [5, 5.41) is 2.16. The van der Waals surface area contributed by atoms with Gasteiger partial charge >= 0.3 is 8.56 Å². The van der Waals surface area contributed by atoms with Gasteiger partial charge in [-0.15, -0.1) is 0 Å². The van der Waals surface area contributed by atoms with Gasteiger partial charge in [-0.25, -0.2) is 0 Å². The smallest absolute Gasteiger partial charge is 0.349 e. The Morgan fingerprint density at radius 1 is 0.593 bits per heavy atom. The van der Waals surface area contributed by atoms with Gasteiger partial charge in [-0.2, -0.15) is 0 Å². The molecule has 0 bridgehead atoms. The second-order valence-corrected chi connectivity index (χ2v) is 23.6. The fourth-order valence-electron chi connectivity index (χ4n) is 9.63. The highest BCUT2D eigenvalue weighted by molar-refractivity contribution is 6.73. The van der Waals surface area contributed by atoms with Crippen LogP contribution in [0.2, 0.25) is 10.1 Å². The third kappa shape index (κ3) is 10.0. The van der Waals surface area contributed by atoms with E-state index in [4.69, 9.17) is 42.0 Å². The molecule has 8 rings (SSSR count). The summed E-state index contributed by atoms with van der Waals surface area (Å²) in [6.45, 7) is 16.4. The lowest BCUT2D eigenvalue weighted by atomic mass is 9.95. The fraction of sp³-hybridized carbons (Fsp3) is 0.551. The predicted molar refractivity (Wildman–Crippen MR) is 230 cm³/mol. The number of hydrogen-bond acceptors (Lipinski definition) is 9. The van der Waals surface area contributed by atoms with Crippen LogP contribution >= 0.6 is 0 Å². The number of fused-ring (bicyclic) bond motifs is 3. The molecule has 4 heterocycles. The van der Waals surface area contributed by atoms with Crippen LogP contribution in [-0.2, 0) is 61.8 Å². The molecule has 4 aromatic rings. The van der Waals surface area contributed by atoms with E-state index >= 15 is 0 Å². The second kappa shape index (κ2) is 18.5. The van der Waals surface area contributed by atoms with Gasteiger partial charge in [-0.1, -0.05) is 139 Å². The Morgan fingerprint density at radius 3 is 1.95 bits per heavy atom. The number of rotatable bonds is 12. The molecule has 4 fully saturated rings. The Morgan fingerprint density at radius 2 is 1.24 bits per heavy atom. The van der Waals surface area contributed by atoms with Crippen molar-refractivity contribution in [3.05, 3.63) is 120 Å². The summed E-state index contributed by atoms with van der Waals surface area (Å²) in [5.41, 5.74) is 3.33. The molecule has 0 N–H and O–H groups in total. The van der Waals surface area contributed by atoms with Crippen LogP contribution < -0.4 is 0 Å². The molecular weight excluding hydrogens is 761 g/mol. The van der Waals surface area contributed by atoms with Crippen molar-refractivity contribution in [3.63, 3.8) is 0 Å². The van der Waals surface area contributed by atoms with E-state index in [1.54, 1.807) is 0 Å². The second-order valence-electron chi connectivity index (χ2n) is 18.8. The third-order valence-electron chi connectivity index (χ3n) is 12.5. The summed E-state index contributed by atoms with van der Waals surface area (Å²) in [4.78, 5) is 0. The zero-order valence-electron chi connectivity index (χ0n) is 35.8. The Labute approximate surface area is 352 Å². The van der Waals surface area contributed by atoms with Crippen molar-refractivity contribution in [2.75, 3.05) is 19.8 Å². The standard InChI is InChI=1S/C49H64O9Si/c1-48(2,3)59(49(4,5)6)54-33-46-44(58-59)27-42-39(55-46)23-24-51-47(57-42)28-43-40(53-31-36-21-22-37-19-13-14-20-38(37)25-36)26-41(52-30-35-17-11-8-12-18-35)45(56-43)32-50-29-34-15-9-7-10-16-34/h7-22,25,39-47H,23-24,26-33H2,1-6H3/t39-,40-,41+,42+,43+,44-,45-,46+,47?/m0/s1. The van der Waals surface area contributed by atoms with Gasteiger partial charge in [-0.3, -0.25) is 0 Å². The molecule has 10 heteroatoms. The normalized spacial score (nSPS) is 30.0. The molecule has 0 aliphatic carbocycles. The molecule has 0 radical (unpaired) electrons. The molecule has 4 aliphatic rings. The number of benzene rings is 4. The van der Waals surface area contributed by atoms with Crippen LogP contribution in [0.25, 0.3) is 10.8 Å². The highest BCUT2D eigenvalue weighted by atomic mass is 28.4. The largest absolute Gasteiger partial charge is 0.391 e. The predicted octanol–water partition coefficient (Wildman–Crippen LogP) is 9.82. The Kier molecular flexibility index (Phi) is 13.4. The lowest BCUT2D eigenvalue weighted by Crippen LogP contribution is -2.67. The fourth-order valence-corrected chi connectivity index (χ4v) is 14.6. The maximum atomic E-state index is 7.15. The van der Waals surface area contributed by atoms with E-state index in [9.17, 15) is 0 Å². The molecule has 4 aromatic carbocycles. The van der Waals surface area contributed by atoms with Crippen molar-refractivity contribution >= 4 is 19.3 Å². The van der Waals surface area contributed by atoms with E-state index in [0.717, 1.165) is 29.5 Å². The van der Waals surface area contributed by atoms with E-state index < -0.39 is 14.9 Å². The van der Waals surface area contributed by atoms with E-state index in [0.29, 0.717) is 52.5 Å². The summed E-state index contributed by atoms with van der Waals surface area (Å²) in [6, 6.07) is 35.5. The molecule has 0 amide bonds. The van der Waals surface area contributed by atoms with E-state index in [1.165, 1.54) is 10.8 Å². The zero-order chi connectivity index (χ0) is 41.0. The molecule has 318 valence electrons. The third-order valence-corrected chi connectivity index (χ3v) is 17.6. The van der Waals surface area contributed by atoms with Crippen LogP contribution in [0.1, 0.15) is 83.9 Å². The molecule has 9 atom stereocenters. The van der Waals surface area contributed by atoms with E-state index in [2.05, 4.69) is 108 Å².